The summed E-state index contributed by atoms with van der Waals surface area (Å²) < 4.78 is 100. The molecule has 0 amide bonds. The van der Waals surface area contributed by atoms with Gasteiger partial charge in [0.1, 0.15) is 11.5 Å². The van der Waals surface area contributed by atoms with Crippen LogP contribution in [0.1, 0.15) is 24.0 Å². The highest BCUT2D eigenvalue weighted by Gasteiger charge is 2.56. The van der Waals surface area contributed by atoms with Gasteiger partial charge < -0.3 is 14.6 Å². The number of carbonyl (C=O) groups is 1. The number of ether oxygens (including phenoxy) is 2. The van der Waals surface area contributed by atoms with Crippen molar-refractivity contribution < 1.29 is 50.1 Å². The third-order valence-electron chi connectivity index (χ3n) is 4.05. The smallest absolute Gasteiger partial charge is 0.453 e. The maximum atomic E-state index is 14.3. The molecule has 0 radical (unpaired) electrons. The topological polar surface area (TPSA) is 55.8 Å². The van der Waals surface area contributed by atoms with Crippen LogP contribution in [0, 0.1) is 0 Å². The van der Waals surface area contributed by atoms with Gasteiger partial charge in [0, 0.05) is 12.5 Å². The standard InChI is InChI=1S/C21H17F7O4/c22-19(23,21(26,27)28)12-1-13-31-16-9-5-15(6-10-16)20(24,25)32-17-7-2-14(3-8-17)4-11-18(29)30/h2-11H,1,12-13H2,(H,29,30)/b11-4+. The maximum absolute atomic E-state index is 14.3. The Bertz CT molecular complexity index is 921. The molecule has 0 saturated carbocycles. The van der Waals surface area contributed by atoms with Crippen LogP contribution in [0.25, 0.3) is 6.08 Å². The van der Waals surface area contributed by atoms with E-state index in [4.69, 9.17) is 9.84 Å². The first-order valence-electron chi connectivity index (χ1n) is 9.06. The minimum atomic E-state index is -5.64. The van der Waals surface area contributed by atoms with Crippen LogP contribution in [0.2, 0.25) is 0 Å². The first-order chi connectivity index (χ1) is 14.8. The van der Waals surface area contributed by atoms with E-state index in [2.05, 4.69) is 4.74 Å². The molecule has 0 atom stereocenters. The minimum absolute atomic E-state index is 0.00875. The molecule has 2 rings (SSSR count). The first kappa shape index (κ1) is 25.0. The molecule has 0 bridgehead atoms. The van der Waals surface area contributed by atoms with Crippen molar-refractivity contribution in [3.8, 4) is 11.5 Å². The second kappa shape index (κ2) is 9.92. The fraction of sp³-hybridized carbons (Fsp3) is 0.286. The molecule has 1 N–H and O–H groups in total. The molecule has 0 spiro atoms. The van der Waals surface area contributed by atoms with Crippen LogP contribution < -0.4 is 9.47 Å². The van der Waals surface area contributed by atoms with Crippen molar-refractivity contribution >= 4 is 12.0 Å². The molecule has 0 aliphatic carbocycles. The summed E-state index contributed by atoms with van der Waals surface area (Å²) in [5, 5.41) is 8.56. The molecule has 0 heterocycles. The lowest BCUT2D eigenvalue weighted by atomic mass is 10.2. The number of benzene rings is 2. The fourth-order valence-corrected chi connectivity index (χ4v) is 2.39. The average Bonchev–Trinajstić information content (AvgIpc) is 2.70. The van der Waals surface area contributed by atoms with Crippen LogP contribution in [0.4, 0.5) is 30.7 Å². The second-order valence-electron chi connectivity index (χ2n) is 6.54. The van der Waals surface area contributed by atoms with Crippen LogP contribution in [-0.4, -0.2) is 29.8 Å². The van der Waals surface area contributed by atoms with Gasteiger partial charge in [0.2, 0.25) is 0 Å². The van der Waals surface area contributed by atoms with E-state index < -0.39 is 49.2 Å². The Morgan fingerprint density at radius 2 is 1.44 bits per heavy atom. The molecule has 0 fully saturated rings. The lowest BCUT2D eigenvalue weighted by Crippen LogP contribution is -2.36. The molecule has 2 aromatic rings. The highest BCUT2D eigenvalue weighted by molar-refractivity contribution is 5.85. The fourth-order valence-electron chi connectivity index (χ4n) is 2.39. The molecule has 0 unspecified atom stereocenters. The lowest BCUT2D eigenvalue weighted by Gasteiger charge is -2.20. The summed E-state index contributed by atoms with van der Waals surface area (Å²) >= 11 is 0. The third kappa shape index (κ3) is 7.17. The third-order valence-corrected chi connectivity index (χ3v) is 4.05. The van der Waals surface area contributed by atoms with Crippen molar-refractivity contribution in [1.29, 1.82) is 0 Å². The van der Waals surface area contributed by atoms with Gasteiger partial charge in [-0.3, -0.25) is 0 Å². The SMILES string of the molecule is O=C(O)/C=C/c1ccc(OC(F)(F)c2ccc(OCCCC(F)(F)C(F)(F)F)cc2)cc1. The van der Waals surface area contributed by atoms with Crippen molar-refractivity contribution in [1.82, 2.24) is 0 Å². The normalized spacial score (nSPS) is 12.7. The van der Waals surface area contributed by atoms with Crippen LogP contribution >= 0.6 is 0 Å². The van der Waals surface area contributed by atoms with Gasteiger partial charge in [-0.05, 0) is 54.5 Å². The maximum Gasteiger partial charge on any atom is 0.453 e. The van der Waals surface area contributed by atoms with E-state index in [1.165, 1.54) is 30.3 Å². The van der Waals surface area contributed by atoms with Gasteiger partial charge in [0.05, 0.1) is 12.2 Å². The summed E-state index contributed by atoms with van der Waals surface area (Å²) in [6.07, 6.45) is -9.28. The van der Waals surface area contributed by atoms with E-state index in [9.17, 15) is 35.5 Å². The lowest BCUT2D eigenvalue weighted by molar-refractivity contribution is -0.284. The first-order valence-corrected chi connectivity index (χ1v) is 9.06. The number of alkyl halides is 7. The van der Waals surface area contributed by atoms with E-state index in [1.54, 1.807) is 0 Å². The summed E-state index contributed by atoms with van der Waals surface area (Å²) in [5.74, 6) is -6.17. The van der Waals surface area contributed by atoms with E-state index in [-0.39, 0.29) is 11.5 Å². The zero-order valence-corrected chi connectivity index (χ0v) is 16.2. The Morgan fingerprint density at radius 3 is 1.97 bits per heavy atom. The molecule has 0 aromatic heterocycles. The van der Waals surface area contributed by atoms with Crippen molar-refractivity contribution in [3.63, 3.8) is 0 Å². The Labute approximate surface area is 177 Å². The summed E-state index contributed by atoms with van der Waals surface area (Å²) in [6.45, 7) is -0.458. The van der Waals surface area contributed by atoms with Crippen molar-refractivity contribution in [2.24, 2.45) is 0 Å². The summed E-state index contributed by atoms with van der Waals surface area (Å²) in [6, 6.07) is 9.34. The monoisotopic (exact) mass is 466 g/mol. The van der Waals surface area contributed by atoms with Gasteiger partial charge in [-0.2, -0.15) is 30.7 Å². The summed E-state index contributed by atoms with van der Waals surface area (Å²) in [7, 11) is 0. The van der Waals surface area contributed by atoms with Gasteiger partial charge in [-0.1, -0.05) is 12.1 Å². The predicted octanol–water partition coefficient (Wildman–Crippen LogP) is 6.27. The molecule has 32 heavy (non-hydrogen) atoms. The minimum Gasteiger partial charge on any atom is -0.494 e. The van der Waals surface area contributed by atoms with Crippen LogP contribution in [-0.2, 0) is 10.9 Å². The van der Waals surface area contributed by atoms with Crippen LogP contribution in [0.3, 0.4) is 0 Å². The Hall–Kier alpha value is -3.24. The second-order valence-corrected chi connectivity index (χ2v) is 6.54. The molecule has 0 saturated heterocycles. The zero-order valence-electron chi connectivity index (χ0n) is 16.2. The molecular formula is C21H17F7O4. The number of halogens is 7. The largest absolute Gasteiger partial charge is 0.494 e. The molecule has 174 valence electrons. The molecule has 0 aliphatic rings. The molecule has 4 nitrogen and oxygen atoms in total. The van der Waals surface area contributed by atoms with Crippen molar-refractivity contribution in [2.75, 3.05) is 6.61 Å². The van der Waals surface area contributed by atoms with Gasteiger partial charge >= 0.3 is 24.2 Å². The highest BCUT2D eigenvalue weighted by Crippen LogP contribution is 2.39. The Kier molecular flexibility index (Phi) is 7.76. The summed E-state index contributed by atoms with van der Waals surface area (Å²) in [4.78, 5) is 10.5. The molecule has 0 aliphatic heterocycles. The molecule has 2 aromatic carbocycles. The summed E-state index contributed by atoms with van der Waals surface area (Å²) in [5.41, 5.74) is -0.0964. The number of hydrogen-bond acceptors (Lipinski definition) is 3. The number of carboxylic acid groups (broad SMARTS) is 1. The van der Waals surface area contributed by atoms with E-state index in [0.29, 0.717) is 5.56 Å². The number of aliphatic carboxylic acids is 1. The highest BCUT2D eigenvalue weighted by atomic mass is 19.4. The van der Waals surface area contributed by atoms with Crippen molar-refractivity contribution in [2.45, 2.75) is 31.0 Å². The van der Waals surface area contributed by atoms with Gasteiger partial charge in [-0.25, -0.2) is 4.79 Å². The molecular weight excluding hydrogens is 449 g/mol. The van der Waals surface area contributed by atoms with Crippen LogP contribution in [0.15, 0.2) is 54.6 Å². The quantitative estimate of drug-likeness (QED) is 0.255. The Morgan fingerprint density at radius 1 is 0.875 bits per heavy atom. The number of carboxylic acids is 1. The van der Waals surface area contributed by atoms with Gasteiger partial charge in [-0.15, -0.1) is 0 Å². The predicted molar refractivity (Wildman–Crippen MR) is 99.8 cm³/mol. The zero-order chi connectivity index (χ0) is 24.0. The van der Waals surface area contributed by atoms with E-state index in [0.717, 1.165) is 30.3 Å². The van der Waals surface area contributed by atoms with E-state index >= 15 is 0 Å². The van der Waals surface area contributed by atoms with E-state index in [1.807, 2.05) is 0 Å². The van der Waals surface area contributed by atoms with Crippen molar-refractivity contribution in [3.05, 3.63) is 65.7 Å². The van der Waals surface area contributed by atoms with Crippen LogP contribution in [0.5, 0.6) is 11.5 Å². The Balaban J connectivity index is 1.91. The van der Waals surface area contributed by atoms with Gasteiger partial charge in [0.15, 0.2) is 0 Å². The average molecular weight is 466 g/mol. The number of rotatable bonds is 10. The number of hydrogen-bond donors (Lipinski definition) is 1. The van der Waals surface area contributed by atoms with Gasteiger partial charge in [0.25, 0.3) is 0 Å². The molecule has 11 heteroatoms.